The second kappa shape index (κ2) is 3.87. The van der Waals surface area contributed by atoms with Gasteiger partial charge in [0.2, 0.25) is 5.91 Å². The van der Waals surface area contributed by atoms with Crippen molar-refractivity contribution in [2.45, 2.75) is 25.3 Å². The third-order valence-electron chi connectivity index (χ3n) is 2.03. The smallest absolute Gasteiger partial charge is 0.221 e. The fourth-order valence-corrected chi connectivity index (χ4v) is 1.30. The van der Waals surface area contributed by atoms with E-state index in [9.17, 15) is 4.79 Å². The molecule has 1 amide bonds. The number of hydrogen-bond donors (Lipinski definition) is 2. The first-order chi connectivity index (χ1) is 5.66. The minimum Gasteiger partial charge on any atom is -0.379 e. The molecule has 0 radical (unpaired) electrons. The molecule has 0 aliphatic carbocycles. The molecule has 3 N–H and O–H groups in total. The average molecular weight is 172 g/mol. The van der Waals surface area contributed by atoms with Gasteiger partial charge in [-0.2, -0.15) is 0 Å². The Balaban J connectivity index is 2.33. The van der Waals surface area contributed by atoms with Gasteiger partial charge < -0.3 is 15.8 Å². The maximum atomic E-state index is 11.2. The Bertz CT molecular complexity index is 164. The van der Waals surface area contributed by atoms with E-state index < -0.39 is 0 Å². The fraction of sp³-hybridized carbons (Fsp3) is 0.875. The molecule has 0 saturated carbocycles. The monoisotopic (exact) mass is 172 g/mol. The van der Waals surface area contributed by atoms with Crippen molar-refractivity contribution in [3.05, 3.63) is 0 Å². The highest BCUT2D eigenvalue weighted by molar-refractivity contribution is 5.76. The number of hydrogen-bond acceptors (Lipinski definition) is 3. The normalized spacial score (nSPS) is 28.8. The van der Waals surface area contributed by atoms with Crippen molar-refractivity contribution in [2.75, 3.05) is 19.8 Å². The van der Waals surface area contributed by atoms with E-state index in [0.29, 0.717) is 19.6 Å². The fourth-order valence-electron chi connectivity index (χ4n) is 1.30. The first-order valence-electron chi connectivity index (χ1n) is 4.25. The molecule has 1 aliphatic rings. The van der Waals surface area contributed by atoms with Crippen molar-refractivity contribution in [3.8, 4) is 0 Å². The van der Waals surface area contributed by atoms with Gasteiger partial charge >= 0.3 is 0 Å². The second-order valence-corrected chi connectivity index (χ2v) is 3.45. The van der Waals surface area contributed by atoms with Crippen LogP contribution in [-0.4, -0.2) is 31.2 Å². The number of carbonyl (C=O) groups excluding carboxylic acids is 1. The van der Waals surface area contributed by atoms with Gasteiger partial charge in [0.15, 0.2) is 0 Å². The molecule has 1 rings (SSSR count). The summed E-state index contributed by atoms with van der Waals surface area (Å²) in [5.74, 6) is 0.0190. The maximum Gasteiger partial charge on any atom is 0.221 e. The molecule has 1 heterocycles. The molecule has 0 aromatic rings. The molecule has 0 bridgehead atoms. The molecule has 1 fully saturated rings. The van der Waals surface area contributed by atoms with Crippen LogP contribution >= 0.6 is 0 Å². The van der Waals surface area contributed by atoms with Crippen molar-refractivity contribution in [2.24, 2.45) is 5.73 Å². The summed E-state index contributed by atoms with van der Waals surface area (Å²) in [4.78, 5) is 11.2. The zero-order chi connectivity index (χ0) is 9.03. The van der Waals surface area contributed by atoms with E-state index in [1.165, 1.54) is 0 Å². The average Bonchev–Trinajstić information content (AvgIpc) is 2.36. The van der Waals surface area contributed by atoms with Crippen LogP contribution in [-0.2, 0) is 9.53 Å². The molecule has 1 aliphatic heterocycles. The number of nitrogens with two attached hydrogens (primary N) is 1. The Labute approximate surface area is 72.5 Å². The first kappa shape index (κ1) is 9.48. The minimum atomic E-state index is -0.160. The highest BCUT2D eigenvalue weighted by Gasteiger charge is 2.30. The SMILES string of the molecule is CC1(NC(=O)CCN)CCOC1. The van der Waals surface area contributed by atoms with Crippen LogP contribution in [0, 0.1) is 0 Å². The van der Waals surface area contributed by atoms with E-state index in [1.807, 2.05) is 6.92 Å². The number of carbonyl (C=O) groups is 1. The maximum absolute atomic E-state index is 11.2. The zero-order valence-electron chi connectivity index (χ0n) is 7.43. The van der Waals surface area contributed by atoms with E-state index in [2.05, 4.69) is 5.32 Å². The van der Waals surface area contributed by atoms with Gasteiger partial charge in [-0.05, 0) is 13.3 Å². The van der Waals surface area contributed by atoms with Gasteiger partial charge in [0.05, 0.1) is 12.1 Å². The Kier molecular flexibility index (Phi) is 3.05. The van der Waals surface area contributed by atoms with Crippen LogP contribution in [0.1, 0.15) is 19.8 Å². The third kappa shape index (κ3) is 2.46. The van der Waals surface area contributed by atoms with Gasteiger partial charge in [0.1, 0.15) is 0 Å². The first-order valence-corrected chi connectivity index (χ1v) is 4.25. The predicted molar refractivity (Wildman–Crippen MR) is 45.7 cm³/mol. The molecule has 4 nitrogen and oxygen atoms in total. The molecule has 0 spiro atoms. The van der Waals surface area contributed by atoms with E-state index >= 15 is 0 Å². The molecule has 12 heavy (non-hydrogen) atoms. The van der Waals surface area contributed by atoms with Crippen molar-refractivity contribution >= 4 is 5.91 Å². The molecule has 0 aromatic carbocycles. The van der Waals surface area contributed by atoms with Crippen LogP contribution < -0.4 is 11.1 Å². The third-order valence-corrected chi connectivity index (χ3v) is 2.03. The molecule has 1 saturated heterocycles. The van der Waals surface area contributed by atoms with Crippen LogP contribution in [0.15, 0.2) is 0 Å². The zero-order valence-corrected chi connectivity index (χ0v) is 7.43. The van der Waals surface area contributed by atoms with Crippen molar-refractivity contribution in [1.82, 2.24) is 5.32 Å². The van der Waals surface area contributed by atoms with Crippen LogP contribution in [0.5, 0.6) is 0 Å². The quantitative estimate of drug-likeness (QED) is 0.610. The van der Waals surface area contributed by atoms with E-state index in [1.54, 1.807) is 0 Å². The number of ether oxygens (including phenoxy) is 1. The van der Waals surface area contributed by atoms with Crippen LogP contribution in [0.25, 0.3) is 0 Å². The molecular weight excluding hydrogens is 156 g/mol. The summed E-state index contributed by atoms with van der Waals surface area (Å²) in [6.45, 7) is 3.75. The summed E-state index contributed by atoms with van der Waals surface area (Å²) in [6, 6.07) is 0. The van der Waals surface area contributed by atoms with Crippen LogP contribution in [0.4, 0.5) is 0 Å². The molecule has 4 heteroatoms. The van der Waals surface area contributed by atoms with Crippen molar-refractivity contribution < 1.29 is 9.53 Å². The summed E-state index contributed by atoms with van der Waals surface area (Å²) in [5, 5.41) is 2.91. The summed E-state index contributed by atoms with van der Waals surface area (Å²) in [6.07, 6.45) is 1.29. The lowest BCUT2D eigenvalue weighted by Crippen LogP contribution is -2.46. The number of amides is 1. The Morgan fingerprint density at radius 1 is 1.75 bits per heavy atom. The topological polar surface area (TPSA) is 64.4 Å². The Morgan fingerprint density at radius 3 is 3.00 bits per heavy atom. The Morgan fingerprint density at radius 2 is 2.50 bits per heavy atom. The van der Waals surface area contributed by atoms with Crippen molar-refractivity contribution in [1.29, 1.82) is 0 Å². The van der Waals surface area contributed by atoms with Gasteiger partial charge in [-0.3, -0.25) is 4.79 Å². The summed E-state index contributed by atoms with van der Waals surface area (Å²) in [5.41, 5.74) is 5.09. The number of nitrogens with one attached hydrogen (secondary N) is 1. The summed E-state index contributed by atoms with van der Waals surface area (Å²) < 4.78 is 5.19. The van der Waals surface area contributed by atoms with Gasteiger partial charge in [0, 0.05) is 19.6 Å². The molecule has 1 atom stereocenters. The Hall–Kier alpha value is -0.610. The lowest BCUT2D eigenvalue weighted by atomic mass is 10.0. The van der Waals surface area contributed by atoms with Gasteiger partial charge in [0.25, 0.3) is 0 Å². The van der Waals surface area contributed by atoms with Crippen LogP contribution in [0.2, 0.25) is 0 Å². The molecular formula is C8H16N2O2. The van der Waals surface area contributed by atoms with E-state index in [-0.39, 0.29) is 11.4 Å². The highest BCUT2D eigenvalue weighted by atomic mass is 16.5. The lowest BCUT2D eigenvalue weighted by molar-refractivity contribution is -0.122. The van der Waals surface area contributed by atoms with Crippen LogP contribution in [0.3, 0.4) is 0 Å². The number of rotatable bonds is 3. The highest BCUT2D eigenvalue weighted by Crippen LogP contribution is 2.17. The lowest BCUT2D eigenvalue weighted by Gasteiger charge is -2.23. The van der Waals surface area contributed by atoms with Crippen molar-refractivity contribution in [3.63, 3.8) is 0 Å². The summed E-state index contributed by atoms with van der Waals surface area (Å²) >= 11 is 0. The molecule has 0 aromatic heterocycles. The largest absolute Gasteiger partial charge is 0.379 e. The molecule has 70 valence electrons. The predicted octanol–water partition coefficient (Wildman–Crippen LogP) is -0.370. The summed E-state index contributed by atoms with van der Waals surface area (Å²) in [7, 11) is 0. The van der Waals surface area contributed by atoms with E-state index in [0.717, 1.165) is 13.0 Å². The van der Waals surface area contributed by atoms with Gasteiger partial charge in [-0.15, -0.1) is 0 Å². The van der Waals surface area contributed by atoms with Gasteiger partial charge in [-0.25, -0.2) is 0 Å². The molecule has 1 unspecified atom stereocenters. The second-order valence-electron chi connectivity index (χ2n) is 3.45. The van der Waals surface area contributed by atoms with E-state index in [4.69, 9.17) is 10.5 Å². The minimum absolute atomic E-state index is 0.0190. The standard InChI is InChI=1S/C8H16N2O2/c1-8(3-5-12-6-8)10-7(11)2-4-9/h2-6,9H2,1H3,(H,10,11). The van der Waals surface area contributed by atoms with Gasteiger partial charge in [-0.1, -0.05) is 0 Å².